The molecule has 6 nitrogen and oxygen atoms in total. The molecule has 0 bridgehead atoms. The van der Waals surface area contributed by atoms with Crippen molar-refractivity contribution in [3.8, 4) is 10.7 Å². The molecule has 0 fully saturated rings. The van der Waals surface area contributed by atoms with E-state index in [2.05, 4.69) is 10.1 Å². The van der Waals surface area contributed by atoms with Crippen LogP contribution in [-0.4, -0.2) is 37.9 Å². The van der Waals surface area contributed by atoms with E-state index in [0.29, 0.717) is 19.6 Å². The average molecular weight is 306 g/mol. The summed E-state index contributed by atoms with van der Waals surface area (Å²) in [6.07, 6.45) is -0.297. The molecule has 2 aromatic rings. The molecule has 1 amide bonds. The predicted octanol–water partition coefficient (Wildman–Crippen LogP) is 2.76. The normalized spacial score (nSPS) is 14.9. The van der Waals surface area contributed by atoms with E-state index in [-0.39, 0.29) is 6.09 Å². The van der Waals surface area contributed by atoms with Crippen LogP contribution in [0.3, 0.4) is 0 Å². The molecule has 21 heavy (non-hydrogen) atoms. The number of rotatable bonds is 1. The van der Waals surface area contributed by atoms with Crippen molar-refractivity contribution in [3.05, 3.63) is 23.3 Å². The van der Waals surface area contributed by atoms with Crippen molar-refractivity contribution >= 4 is 17.4 Å². The topological polar surface area (TPSA) is 60.2 Å². The molecule has 1 aliphatic rings. The van der Waals surface area contributed by atoms with Gasteiger partial charge in [0.15, 0.2) is 5.82 Å². The van der Waals surface area contributed by atoms with E-state index in [9.17, 15) is 4.79 Å². The van der Waals surface area contributed by atoms with Crippen LogP contribution < -0.4 is 0 Å². The molecule has 7 heteroatoms. The highest BCUT2D eigenvalue weighted by atomic mass is 32.1. The number of nitrogens with zero attached hydrogens (tertiary/aromatic N) is 4. The first kappa shape index (κ1) is 14.1. The molecule has 0 saturated carbocycles. The largest absolute Gasteiger partial charge is 0.444 e. The Labute approximate surface area is 127 Å². The average Bonchev–Trinajstić information content (AvgIpc) is 3.04. The van der Waals surface area contributed by atoms with Crippen molar-refractivity contribution in [2.75, 3.05) is 6.54 Å². The lowest BCUT2D eigenvalue weighted by Crippen LogP contribution is -2.41. The van der Waals surface area contributed by atoms with Gasteiger partial charge in [-0.15, -0.1) is 16.4 Å². The molecule has 0 radical (unpaired) electrons. The molecule has 3 rings (SSSR count). The summed E-state index contributed by atoms with van der Waals surface area (Å²) in [5.74, 6) is 1.53. The van der Waals surface area contributed by atoms with E-state index in [0.717, 1.165) is 16.5 Å². The zero-order valence-corrected chi connectivity index (χ0v) is 13.2. The first-order valence-electron chi connectivity index (χ1n) is 6.88. The van der Waals surface area contributed by atoms with Gasteiger partial charge in [0, 0.05) is 6.54 Å². The van der Waals surface area contributed by atoms with E-state index < -0.39 is 5.60 Å². The molecular formula is C14H18N4O2S. The Hall–Kier alpha value is -1.89. The zero-order chi connectivity index (χ0) is 15.0. The smallest absolute Gasteiger partial charge is 0.410 e. The number of aromatic nitrogens is 3. The van der Waals surface area contributed by atoms with Crippen molar-refractivity contribution in [1.82, 2.24) is 19.7 Å². The van der Waals surface area contributed by atoms with Gasteiger partial charge in [-0.2, -0.15) is 0 Å². The van der Waals surface area contributed by atoms with Gasteiger partial charge in [-0.05, 0) is 32.2 Å². The third-order valence-electron chi connectivity index (χ3n) is 3.06. The Balaban J connectivity index is 1.75. The maximum Gasteiger partial charge on any atom is 0.410 e. The molecule has 2 aromatic heterocycles. The van der Waals surface area contributed by atoms with Crippen LogP contribution >= 0.6 is 11.3 Å². The van der Waals surface area contributed by atoms with Gasteiger partial charge in [0.25, 0.3) is 0 Å². The lowest BCUT2D eigenvalue weighted by Gasteiger charge is -2.29. The van der Waals surface area contributed by atoms with Crippen LogP contribution in [0.4, 0.5) is 4.79 Å². The molecule has 0 aromatic carbocycles. The summed E-state index contributed by atoms with van der Waals surface area (Å²) in [5, 5.41) is 6.50. The van der Waals surface area contributed by atoms with Crippen molar-refractivity contribution in [1.29, 1.82) is 0 Å². The molecule has 0 N–H and O–H groups in total. The summed E-state index contributed by atoms with van der Waals surface area (Å²) in [6, 6.07) is 3.98. The Morgan fingerprint density at radius 1 is 1.38 bits per heavy atom. The van der Waals surface area contributed by atoms with Crippen molar-refractivity contribution in [2.24, 2.45) is 0 Å². The Kier molecular flexibility index (Phi) is 3.44. The van der Waals surface area contributed by atoms with Gasteiger partial charge >= 0.3 is 6.09 Å². The molecular weight excluding hydrogens is 288 g/mol. The molecule has 0 unspecified atom stereocenters. The highest BCUT2D eigenvalue weighted by Gasteiger charge is 2.27. The molecule has 1 aliphatic heterocycles. The number of carbonyl (C=O) groups is 1. The predicted molar refractivity (Wildman–Crippen MR) is 80.0 cm³/mol. The lowest BCUT2D eigenvalue weighted by atomic mass is 10.2. The lowest BCUT2D eigenvalue weighted by molar-refractivity contribution is 0.0190. The van der Waals surface area contributed by atoms with E-state index in [1.807, 2.05) is 43.0 Å². The fraction of sp³-hybridized carbons (Fsp3) is 0.500. The molecule has 0 aliphatic carbocycles. The minimum absolute atomic E-state index is 0.297. The first-order chi connectivity index (χ1) is 9.92. The van der Waals surface area contributed by atoms with Gasteiger partial charge < -0.3 is 4.74 Å². The summed E-state index contributed by atoms with van der Waals surface area (Å²) < 4.78 is 7.27. The number of ether oxygens (including phenoxy) is 1. The molecule has 0 spiro atoms. The maximum absolute atomic E-state index is 12.1. The second-order valence-corrected chi connectivity index (χ2v) is 6.90. The van der Waals surface area contributed by atoms with Gasteiger partial charge in [0.1, 0.15) is 11.4 Å². The number of amides is 1. The number of thiophene rings is 1. The van der Waals surface area contributed by atoms with Crippen LogP contribution in [-0.2, 0) is 17.8 Å². The minimum Gasteiger partial charge on any atom is -0.444 e. The van der Waals surface area contributed by atoms with Crippen LogP contribution in [0, 0.1) is 0 Å². The van der Waals surface area contributed by atoms with Crippen LogP contribution in [0.1, 0.15) is 26.6 Å². The SMILES string of the molecule is CC(C)(C)OC(=O)N1CCn2nc(-c3cccs3)nc2C1. The summed E-state index contributed by atoms with van der Waals surface area (Å²) >= 11 is 1.61. The van der Waals surface area contributed by atoms with Crippen molar-refractivity contribution in [2.45, 2.75) is 39.5 Å². The molecule has 3 heterocycles. The second-order valence-electron chi connectivity index (χ2n) is 5.95. The van der Waals surface area contributed by atoms with E-state index in [1.54, 1.807) is 16.2 Å². The fourth-order valence-corrected chi connectivity index (χ4v) is 2.78. The summed E-state index contributed by atoms with van der Waals surface area (Å²) in [5.41, 5.74) is -0.482. The van der Waals surface area contributed by atoms with E-state index in [1.165, 1.54) is 0 Å². The summed E-state index contributed by atoms with van der Waals surface area (Å²) in [7, 11) is 0. The number of hydrogen-bond donors (Lipinski definition) is 0. The Morgan fingerprint density at radius 3 is 2.86 bits per heavy atom. The Bertz CT molecular complexity index is 642. The quantitative estimate of drug-likeness (QED) is 0.813. The first-order valence-corrected chi connectivity index (χ1v) is 7.76. The minimum atomic E-state index is -0.482. The van der Waals surface area contributed by atoms with Crippen LogP contribution in [0.15, 0.2) is 17.5 Å². The van der Waals surface area contributed by atoms with Gasteiger partial charge in [-0.3, -0.25) is 4.90 Å². The van der Waals surface area contributed by atoms with Crippen LogP contribution in [0.5, 0.6) is 0 Å². The summed E-state index contributed by atoms with van der Waals surface area (Å²) in [6.45, 7) is 7.28. The molecule has 0 saturated heterocycles. The Morgan fingerprint density at radius 2 is 2.19 bits per heavy atom. The number of hydrogen-bond acceptors (Lipinski definition) is 5. The zero-order valence-electron chi connectivity index (χ0n) is 12.4. The second kappa shape index (κ2) is 5.14. The van der Waals surface area contributed by atoms with E-state index >= 15 is 0 Å². The van der Waals surface area contributed by atoms with Gasteiger partial charge in [0.05, 0.1) is 18.0 Å². The maximum atomic E-state index is 12.1. The molecule has 0 atom stereocenters. The molecule has 112 valence electrons. The van der Waals surface area contributed by atoms with Gasteiger partial charge in [-0.1, -0.05) is 6.07 Å². The van der Waals surface area contributed by atoms with Gasteiger partial charge in [-0.25, -0.2) is 14.5 Å². The fourth-order valence-electron chi connectivity index (χ4n) is 2.13. The number of carbonyl (C=O) groups excluding carboxylic acids is 1. The summed E-state index contributed by atoms with van der Waals surface area (Å²) in [4.78, 5) is 19.4. The monoisotopic (exact) mass is 306 g/mol. The van der Waals surface area contributed by atoms with Crippen LogP contribution in [0.2, 0.25) is 0 Å². The highest BCUT2D eigenvalue weighted by Crippen LogP contribution is 2.23. The van der Waals surface area contributed by atoms with E-state index in [4.69, 9.17) is 4.74 Å². The van der Waals surface area contributed by atoms with Gasteiger partial charge in [0.2, 0.25) is 0 Å². The third-order valence-corrected chi connectivity index (χ3v) is 3.92. The van der Waals surface area contributed by atoms with Crippen molar-refractivity contribution in [3.63, 3.8) is 0 Å². The number of fused-ring (bicyclic) bond motifs is 1. The third kappa shape index (κ3) is 3.07. The standard InChI is InChI=1S/C14H18N4O2S/c1-14(2,3)20-13(19)17-6-7-18-11(9-17)15-12(16-18)10-5-4-8-21-10/h4-5,8H,6-7,9H2,1-3H3. The van der Waals surface area contributed by atoms with Crippen LogP contribution in [0.25, 0.3) is 10.7 Å². The van der Waals surface area contributed by atoms with Crippen molar-refractivity contribution < 1.29 is 9.53 Å². The highest BCUT2D eigenvalue weighted by molar-refractivity contribution is 7.13.